The summed E-state index contributed by atoms with van der Waals surface area (Å²) in [5.41, 5.74) is 0.291. The van der Waals surface area contributed by atoms with Gasteiger partial charge in [0, 0.05) is 5.56 Å². The summed E-state index contributed by atoms with van der Waals surface area (Å²) in [6.45, 7) is 0. The zero-order valence-electron chi connectivity index (χ0n) is 6.69. The molecule has 0 saturated carbocycles. The van der Waals surface area contributed by atoms with Crippen LogP contribution in [0.3, 0.4) is 0 Å². The molecule has 0 aliphatic heterocycles. The predicted molar refractivity (Wildman–Crippen MR) is 51.1 cm³/mol. The van der Waals surface area contributed by atoms with E-state index >= 15 is 0 Å². The van der Waals surface area contributed by atoms with E-state index in [-0.39, 0.29) is 16.4 Å². The van der Waals surface area contributed by atoms with E-state index in [1.807, 2.05) is 0 Å². The number of rotatable bonds is 1. The van der Waals surface area contributed by atoms with Gasteiger partial charge in [0.05, 0.1) is 10.5 Å². The fraction of sp³-hybridized carbons (Fsp3) is 0.125. The molecule has 1 aromatic heterocycles. The third-order valence-corrected chi connectivity index (χ3v) is 2.33. The minimum Gasteiger partial charge on any atom is -0.327 e. The molecule has 0 aliphatic rings. The van der Waals surface area contributed by atoms with Crippen LogP contribution in [0.5, 0.6) is 0 Å². The number of hydrogen-bond donors (Lipinski definition) is 1. The second kappa shape index (κ2) is 3.37. The number of benzene rings is 1. The zero-order valence-corrected chi connectivity index (χ0v) is 8.20. The van der Waals surface area contributed by atoms with Crippen molar-refractivity contribution in [2.75, 3.05) is 0 Å². The number of hydrogen-bond acceptors (Lipinski definition) is 1. The van der Waals surface area contributed by atoms with Crippen LogP contribution in [0.25, 0.3) is 11.0 Å². The van der Waals surface area contributed by atoms with Gasteiger partial charge in [-0.25, -0.2) is 13.8 Å². The van der Waals surface area contributed by atoms with E-state index in [0.717, 1.165) is 0 Å². The van der Waals surface area contributed by atoms with Crippen LogP contribution in [-0.4, -0.2) is 9.97 Å². The third-order valence-electron chi connectivity index (χ3n) is 1.83. The van der Waals surface area contributed by atoms with Crippen LogP contribution in [0.1, 0.15) is 12.0 Å². The van der Waals surface area contributed by atoms with Crippen molar-refractivity contribution in [1.29, 1.82) is 0 Å². The molecule has 0 aliphatic carbocycles. The lowest BCUT2D eigenvalue weighted by atomic mass is 10.2. The lowest BCUT2D eigenvalue weighted by Gasteiger charge is -2.00. The summed E-state index contributed by atoms with van der Waals surface area (Å²) < 4.78 is 25.0. The molecule has 0 saturated heterocycles. The highest BCUT2D eigenvalue weighted by Gasteiger charge is 2.16. The van der Waals surface area contributed by atoms with E-state index in [9.17, 15) is 8.78 Å². The summed E-state index contributed by atoms with van der Waals surface area (Å²) in [4.78, 5) is 6.35. The van der Waals surface area contributed by atoms with E-state index in [1.165, 1.54) is 12.1 Å². The second-order valence-electron chi connectivity index (χ2n) is 2.69. The molecular weight excluding hydrogens is 233 g/mol. The number of imidazole rings is 1. The van der Waals surface area contributed by atoms with Crippen LogP contribution in [0.4, 0.5) is 8.78 Å². The average Bonchev–Trinajstić information content (AvgIpc) is 2.47. The first-order valence-electron chi connectivity index (χ1n) is 3.71. The Balaban J connectivity index is 2.81. The van der Waals surface area contributed by atoms with Crippen LogP contribution < -0.4 is 0 Å². The van der Waals surface area contributed by atoms with Gasteiger partial charge in [0.15, 0.2) is 0 Å². The highest BCUT2D eigenvalue weighted by molar-refractivity contribution is 6.35. The normalized spacial score (nSPS) is 11.5. The Morgan fingerprint density at radius 2 is 2.00 bits per heavy atom. The predicted octanol–water partition coefficient (Wildman–Crippen LogP) is 3.81. The summed E-state index contributed by atoms with van der Waals surface area (Å²) in [5.74, 6) is 0. The average molecular weight is 237 g/mol. The van der Waals surface area contributed by atoms with Crippen molar-refractivity contribution < 1.29 is 8.78 Å². The number of alkyl halides is 2. The van der Waals surface area contributed by atoms with Gasteiger partial charge in [-0.05, 0) is 23.7 Å². The van der Waals surface area contributed by atoms with Gasteiger partial charge in [-0.3, -0.25) is 0 Å². The summed E-state index contributed by atoms with van der Waals surface area (Å²) >= 11 is 11.3. The Morgan fingerprint density at radius 1 is 1.29 bits per heavy atom. The van der Waals surface area contributed by atoms with Gasteiger partial charge in [0.2, 0.25) is 5.28 Å². The second-order valence-corrected chi connectivity index (χ2v) is 3.45. The van der Waals surface area contributed by atoms with E-state index < -0.39 is 6.43 Å². The minimum absolute atomic E-state index is 0.0509. The minimum atomic E-state index is -2.59. The first kappa shape index (κ1) is 9.68. The molecule has 0 bridgehead atoms. The molecule has 0 fully saturated rings. The number of H-pyrrole nitrogens is 1. The lowest BCUT2D eigenvalue weighted by molar-refractivity contribution is 0.153. The smallest absolute Gasteiger partial charge is 0.266 e. The molecule has 2 nitrogen and oxygen atoms in total. The maximum Gasteiger partial charge on any atom is 0.266 e. The number of halogens is 4. The van der Waals surface area contributed by atoms with Crippen molar-refractivity contribution in [2.45, 2.75) is 6.43 Å². The van der Waals surface area contributed by atoms with Crippen LogP contribution in [0.2, 0.25) is 10.3 Å². The zero-order chi connectivity index (χ0) is 10.3. The van der Waals surface area contributed by atoms with E-state index in [4.69, 9.17) is 23.2 Å². The van der Waals surface area contributed by atoms with Crippen molar-refractivity contribution in [3.63, 3.8) is 0 Å². The van der Waals surface area contributed by atoms with Gasteiger partial charge in [0.25, 0.3) is 6.43 Å². The number of aromatic nitrogens is 2. The molecule has 0 atom stereocenters. The Morgan fingerprint density at radius 3 is 2.64 bits per heavy atom. The Hall–Kier alpha value is -0.870. The number of fused-ring (bicyclic) bond motifs is 1. The summed E-state index contributed by atoms with van der Waals surface area (Å²) in [6.07, 6.45) is -2.59. The quantitative estimate of drug-likeness (QED) is 0.802. The maximum absolute atomic E-state index is 12.5. The molecule has 14 heavy (non-hydrogen) atoms. The largest absolute Gasteiger partial charge is 0.327 e. The van der Waals surface area contributed by atoms with Crippen LogP contribution in [0, 0.1) is 0 Å². The van der Waals surface area contributed by atoms with E-state index in [1.54, 1.807) is 0 Å². The molecule has 0 spiro atoms. The van der Waals surface area contributed by atoms with Crippen molar-refractivity contribution in [3.05, 3.63) is 28.0 Å². The number of nitrogens with one attached hydrogen (secondary N) is 1. The molecular formula is C8H4Cl2F2N2. The maximum atomic E-state index is 12.5. The van der Waals surface area contributed by atoms with E-state index in [0.29, 0.717) is 10.5 Å². The molecule has 6 heteroatoms. The highest BCUT2D eigenvalue weighted by atomic mass is 35.5. The Labute approximate surface area is 87.8 Å². The van der Waals surface area contributed by atoms with Gasteiger partial charge in [-0.1, -0.05) is 11.6 Å². The van der Waals surface area contributed by atoms with Gasteiger partial charge in [0.1, 0.15) is 5.52 Å². The topological polar surface area (TPSA) is 28.7 Å². The molecule has 2 aromatic rings. The molecule has 1 aromatic carbocycles. The first-order chi connectivity index (χ1) is 6.59. The van der Waals surface area contributed by atoms with Gasteiger partial charge in [-0.2, -0.15) is 0 Å². The lowest BCUT2D eigenvalue weighted by Crippen LogP contribution is -1.86. The highest BCUT2D eigenvalue weighted by Crippen LogP contribution is 2.31. The fourth-order valence-corrected chi connectivity index (χ4v) is 1.61. The van der Waals surface area contributed by atoms with Gasteiger partial charge >= 0.3 is 0 Å². The van der Waals surface area contributed by atoms with Crippen molar-refractivity contribution >= 4 is 34.2 Å². The van der Waals surface area contributed by atoms with Gasteiger partial charge in [-0.15, -0.1) is 0 Å². The van der Waals surface area contributed by atoms with Crippen molar-refractivity contribution in [3.8, 4) is 0 Å². The fourth-order valence-electron chi connectivity index (χ4n) is 1.23. The van der Waals surface area contributed by atoms with Crippen LogP contribution >= 0.6 is 23.2 Å². The van der Waals surface area contributed by atoms with Crippen molar-refractivity contribution in [2.24, 2.45) is 0 Å². The molecule has 0 unspecified atom stereocenters. The molecule has 1 heterocycles. The molecule has 0 radical (unpaired) electrons. The molecule has 74 valence electrons. The standard InChI is InChI=1S/C8H4Cl2F2N2/c9-4-2-1-3(7(11)12)5-6(4)14-8(10)13-5/h1-2,7H,(H,13,14). The molecule has 1 N–H and O–H groups in total. The number of aromatic amines is 1. The van der Waals surface area contributed by atoms with Crippen LogP contribution in [-0.2, 0) is 0 Å². The Bertz CT molecular complexity index is 481. The third kappa shape index (κ3) is 1.44. The SMILES string of the molecule is FC(F)c1ccc(Cl)c2[nH]c(Cl)nc12. The summed E-state index contributed by atoms with van der Waals surface area (Å²) in [6, 6.07) is 2.63. The summed E-state index contributed by atoms with van der Waals surface area (Å²) in [5, 5.41) is 0.374. The van der Waals surface area contributed by atoms with E-state index in [2.05, 4.69) is 9.97 Å². The Kier molecular flexibility index (Phi) is 2.33. The van der Waals surface area contributed by atoms with Crippen LogP contribution in [0.15, 0.2) is 12.1 Å². The molecule has 2 rings (SSSR count). The first-order valence-corrected chi connectivity index (χ1v) is 4.47. The summed E-state index contributed by atoms with van der Waals surface area (Å²) in [7, 11) is 0. The van der Waals surface area contributed by atoms with Gasteiger partial charge < -0.3 is 4.98 Å². The number of nitrogens with zero attached hydrogens (tertiary/aromatic N) is 1. The molecule has 0 amide bonds. The monoisotopic (exact) mass is 236 g/mol. The van der Waals surface area contributed by atoms with Crippen molar-refractivity contribution in [1.82, 2.24) is 9.97 Å².